The minimum absolute atomic E-state index is 0.100. The Labute approximate surface area is 157 Å². The molecule has 5 rings (SSSR count). The van der Waals surface area contributed by atoms with Crippen LogP contribution in [0.15, 0.2) is 48.7 Å². The van der Waals surface area contributed by atoms with Crippen molar-refractivity contribution in [3.05, 3.63) is 65.6 Å². The fourth-order valence-corrected chi connectivity index (χ4v) is 4.14. The Morgan fingerprint density at radius 1 is 1.19 bits per heavy atom. The van der Waals surface area contributed by atoms with Gasteiger partial charge in [-0.15, -0.1) is 0 Å². The van der Waals surface area contributed by atoms with E-state index in [9.17, 15) is 4.79 Å². The number of imidazole rings is 1. The average molecular weight is 358 g/mol. The van der Waals surface area contributed by atoms with Crippen LogP contribution in [0.5, 0.6) is 0 Å². The molecule has 1 amide bonds. The zero-order valence-electron chi connectivity index (χ0n) is 15.3. The lowest BCUT2D eigenvalue weighted by atomic mass is 9.96. The highest BCUT2D eigenvalue weighted by atomic mass is 16.2. The van der Waals surface area contributed by atoms with Gasteiger partial charge in [0, 0.05) is 36.3 Å². The van der Waals surface area contributed by atoms with Gasteiger partial charge in [-0.1, -0.05) is 18.2 Å². The molecule has 5 heteroatoms. The molecule has 1 unspecified atom stereocenters. The van der Waals surface area contributed by atoms with Crippen LogP contribution in [0.4, 0.5) is 0 Å². The number of H-pyrrole nitrogens is 2. The molecule has 0 bridgehead atoms. The number of hydrogen-bond donors (Lipinski definition) is 2. The van der Waals surface area contributed by atoms with Crippen molar-refractivity contribution in [1.82, 2.24) is 19.9 Å². The van der Waals surface area contributed by atoms with Gasteiger partial charge in [-0.3, -0.25) is 4.79 Å². The molecule has 2 aromatic carbocycles. The first-order valence-corrected chi connectivity index (χ1v) is 9.51. The fourth-order valence-electron chi connectivity index (χ4n) is 4.14. The van der Waals surface area contributed by atoms with E-state index in [0.29, 0.717) is 6.54 Å². The molecule has 5 nitrogen and oxygen atoms in total. The summed E-state index contributed by atoms with van der Waals surface area (Å²) in [6, 6.07) is 14.1. The Kier molecular flexibility index (Phi) is 3.74. The standard InChI is InChI=1S/C22H22N4O/c1-14-4-2-6-18-20(14)25-21(24-18)17-5-3-11-26(13-17)22(27)16-8-7-15-9-10-23-19(15)12-16/h2,4,6-10,12,17,23H,3,5,11,13H2,1H3,(H,24,25). The van der Waals surface area contributed by atoms with Gasteiger partial charge < -0.3 is 14.9 Å². The molecule has 2 N–H and O–H groups in total. The predicted octanol–water partition coefficient (Wildman–Crippen LogP) is 4.37. The van der Waals surface area contributed by atoms with Crippen molar-refractivity contribution in [3.8, 4) is 0 Å². The summed E-state index contributed by atoms with van der Waals surface area (Å²) in [7, 11) is 0. The highest BCUT2D eigenvalue weighted by Crippen LogP contribution is 2.28. The molecular weight excluding hydrogens is 336 g/mol. The smallest absolute Gasteiger partial charge is 0.253 e. The molecule has 0 saturated carbocycles. The topological polar surface area (TPSA) is 64.8 Å². The molecule has 1 atom stereocenters. The Morgan fingerprint density at radius 3 is 3.00 bits per heavy atom. The van der Waals surface area contributed by atoms with Gasteiger partial charge in [-0.05, 0) is 55.0 Å². The second-order valence-electron chi connectivity index (χ2n) is 7.46. The molecule has 0 radical (unpaired) electrons. The van der Waals surface area contributed by atoms with E-state index >= 15 is 0 Å². The van der Waals surface area contributed by atoms with Crippen LogP contribution >= 0.6 is 0 Å². The van der Waals surface area contributed by atoms with Crippen LogP contribution in [0.2, 0.25) is 0 Å². The summed E-state index contributed by atoms with van der Waals surface area (Å²) in [4.78, 5) is 26.5. The third kappa shape index (κ3) is 2.79. The van der Waals surface area contributed by atoms with Crippen LogP contribution in [0.25, 0.3) is 21.9 Å². The monoisotopic (exact) mass is 358 g/mol. The van der Waals surface area contributed by atoms with Crippen molar-refractivity contribution in [2.45, 2.75) is 25.7 Å². The van der Waals surface area contributed by atoms with Gasteiger partial charge in [0.2, 0.25) is 0 Å². The highest BCUT2D eigenvalue weighted by Gasteiger charge is 2.27. The van der Waals surface area contributed by atoms with E-state index in [1.54, 1.807) is 0 Å². The van der Waals surface area contributed by atoms with Gasteiger partial charge in [-0.2, -0.15) is 0 Å². The average Bonchev–Trinajstić information content (AvgIpc) is 3.34. The van der Waals surface area contributed by atoms with Crippen LogP contribution < -0.4 is 0 Å². The first-order chi connectivity index (χ1) is 13.2. The number of piperidine rings is 1. The van der Waals surface area contributed by atoms with Crippen LogP contribution in [0, 0.1) is 6.92 Å². The Hall–Kier alpha value is -3.08. The Balaban J connectivity index is 1.40. The third-order valence-corrected chi connectivity index (χ3v) is 5.63. The van der Waals surface area contributed by atoms with Crippen LogP contribution in [-0.4, -0.2) is 38.8 Å². The number of amides is 1. The van der Waals surface area contributed by atoms with Gasteiger partial charge in [0.25, 0.3) is 5.91 Å². The van der Waals surface area contributed by atoms with Crippen LogP contribution in [0.3, 0.4) is 0 Å². The minimum Gasteiger partial charge on any atom is -0.361 e. The summed E-state index contributed by atoms with van der Waals surface area (Å²) in [5.74, 6) is 1.35. The fraction of sp³-hybridized carbons (Fsp3) is 0.273. The molecule has 136 valence electrons. The number of rotatable bonds is 2. The molecule has 27 heavy (non-hydrogen) atoms. The number of carbonyl (C=O) groups excluding carboxylic acids is 1. The molecular formula is C22H22N4O. The zero-order chi connectivity index (χ0) is 18.4. The first-order valence-electron chi connectivity index (χ1n) is 9.51. The molecule has 1 aliphatic heterocycles. The molecule has 1 aliphatic rings. The van der Waals surface area contributed by atoms with E-state index in [1.807, 2.05) is 41.4 Å². The van der Waals surface area contributed by atoms with Crippen molar-refractivity contribution < 1.29 is 4.79 Å². The summed E-state index contributed by atoms with van der Waals surface area (Å²) in [5, 5.41) is 1.13. The van der Waals surface area contributed by atoms with E-state index < -0.39 is 0 Å². The maximum atomic E-state index is 13.0. The molecule has 1 fully saturated rings. The number of likely N-dealkylation sites (tertiary alicyclic amines) is 1. The Bertz CT molecular complexity index is 1140. The van der Waals surface area contributed by atoms with Crippen LogP contribution in [0.1, 0.15) is 40.5 Å². The largest absolute Gasteiger partial charge is 0.361 e. The number of para-hydroxylation sites is 1. The molecule has 3 heterocycles. The van der Waals surface area contributed by atoms with E-state index in [1.165, 1.54) is 5.56 Å². The van der Waals surface area contributed by atoms with Crippen molar-refractivity contribution in [2.75, 3.05) is 13.1 Å². The molecule has 0 aliphatic carbocycles. The van der Waals surface area contributed by atoms with E-state index in [0.717, 1.165) is 52.7 Å². The summed E-state index contributed by atoms with van der Waals surface area (Å²) >= 11 is 0. The van der Waals surface area contributed by atoms with Gasteiger partial charge in [0.05, 0.1) is 11.0 Å². The third-order valence-electron chi connectivity index (χ3n) is 5.63. The van der Waals surface area contributed by atoms with E-state index in [4.69, 9.17) is 4.98 Å². The maximum absolute atomic E-state index is 13.0. The predicted molar refractivity (Wildman–Crippen MR) is 107 cm³/mol. The maximum Gasteiger partial charge on any atom is 0.253 e. The quantitative estimate of drug-likeness (QED) is 0.559. The first kappa shape index (κ1) is 16.1. The van der Waals surface area contributed by atoms with Crippen LogP contribution in [-0.2, 0) is 0 Å². The van der Waals surface area contributed by atoms with Crippen molar-refractivity contribution in [2.24, 2.45) is 0 Å². The van der Waals surface area contributed by atoms with Gasteiger partial charge in [0.1, 0.15) is 5.82 Å². The number of aromatic amines is 2. The van der Waals surface area contributed by atoms with Gasteiger partial charge in [0.15, 0.2) is 0 Å². The second-order valence-corrected chi connectivity index (χ2v) is 7.46. The van der Waals surface area contributed by atoms with Gasteiger partial charge in [-0.25, -0.2) is 4.98 Å². The highest BCUT2D eigenvalue weighted by molar-refractivity contribution is 5.98. The number of nitrogens with one attached hydrogen (secondary N) is 2. The van der Waals surface area contributed by atoms with Gasteiger partial charge >= 0.3 is 0 Å². The number of hydrogen-bond acceptors (Lipinski definition) is 2. The van der Waals surface area contributed by atoms with E-state index in [2.05, 4.69) is 29.0 Å². The number of benzene rings is 2. The summed E-state index contributed by atoms with van der Waals surface area (Å²) in [5.41, 5.74) is 5.03. The van der Waals surface area contributed by atoms with E-state index in [-0.39, 0.29) is 11.8 Å². The number of fused-ring (bicyclic) bond motifs is 2. The molecule has 2 aromatic heterocycles. The minimum atomic E-state index is 0.100. The number of aromatic nitrogens is 3. The normalized spacial score (nSPS) is 17.7. The summed E-state index contributed by atoms with van der Waals surface area (Å²) in [6.07, 6.45) is 3.95. The molecule has 0 spiro atoms. The summed E-state index contributed by atoms with van der Waals surface area (Å²) in [6.45, 7) is 3.60. The number of aryl methyl sites for hydroxylation is 1. The molecule has 1 saturated heterocycles. The second kappa shape index (κ2) is 6.27. The SMILES string of the molecule is Cc1cccc2[nH]c(C3CCCN(C(=O)c4ccc5cc[nH]c5c4)C3)nc12. The lowest BCUT2D eigenvalue weighted by Gasteiger charge is -2.32. The van der Waals surface area contributed by atoms with Crippen molar-refractivity contribution in [3.63, 3.8) is 0 Å². The lowest BCUT2D eigenvalue weighted by Crippen LogP contribution is -2.39. The van der Waals surface area contributed by atoms with Crippen molar-refractivity contribution in [1.29, 1.82) is 0 Å². The molecule has 4 aromatic rings. The number of nitrogens with zero attached hydrogens (tertiary/aromatic N) is 2. The lowest BCUT2D eigenvalue weighted by molar-refractivity contribution is 0.0705. The zero-order valence-corrected chi connectivity index (χ0v) is 15.3. The van der Waals surface area contributed by atoms with Crippen molar-refractivity contribution >= 4 is 27.8 Å². The number of carbonyl (C=O) groups is 1. The Morgan fingerprint density at radius 2 is 2.11 bits per heavy atom. The summed E-state index contributed by atoms with van der Waals surface area (Å²) < 4.78 is 0.